The summed E-state index contributed by atoms with van der Waals surface area (Å²) in [4.78, 5) is 0. The summed E-state index contributed by atoms with van der Waals surface area (Å²) in [5.41, 5.74) is 1.59. The lowest BCUT2D eigenvalue weighted by Crippen LogP contribution is -2.24. The van der Waals surface area contributed by atoms with Crippen LogP contribution in [0.15, 0.2) is 36.4 Å². The van der Waals surface area contributed by atoms with E-state index < -0.39 is 11.9 Å². The lowest BCUT2D eigenvalue weighted by atomic mass is 9.96. The monoisotopic (exact) mass is 295 g/mol. The minimum Gasteiger partial charge on any atom is -0.306 e. The molecule has 0 bridgehead atoms. The van der Waals surface area contributed by atoms with Crippen molar-refractivity contribution in [2.24, 2.45) is 0 Å². The SMILES string of the molecule is CCNC(c1cc(C)ccc1F)c1c(F)cccc1Cl. The van der Waals surface area contributed by atoms with E-state index in [4.69, 9.17) is 11.6 Å². The average Bonchev–Trinajstić information content (AvgIpc) is 2.40. The van der Waals surface area contributed by atoms with Gasteiger partial charge < -0.3 is 5.32 Å². The van der Waals surface area contributed by atoms with Crippen molar-refractivity contribution in [3.8, 4) is 0 Å². The van der Waals surface area contributed by atoms with E-state index >= 15 is 0 Å². The minimum atomic E-state index is -0.603. The highest BCUT2D eigenvalue weighted by atomic mass is 35.5. The third-order valence-corrected chi connectivity index (χ3v) is 3.49. The highest BCUT2D eigenvalue weighted by Crippen LogP contribution is 2.32. The van der Waals surface area contributed by atoms with E-state index in [1.165, 1.54) is 18.2 Å². The van der Waals surface area contributed by atoms with Crippen molar-refractivity contribution in [1.29, 1.82) is 0 Å². The summed E-state index contributed by atoms with van der Waals surface area (Å²) in [5.74, 6) is -0.815. The van der Waals surface area contributed by atoms with Gasteiger partial charge in [0.1, 0.15) is 11.6 Å². The van der Waals surface area contributed by atoms with Gasteiger partial charge in [-0.05, 0) is 31.7 Å². The molecule has 0 aliphatic rings. The van der Waals surface area contributed by atoms with Crippen LogP contribution in [0.2, 0.25) is 5.02 Å². The van der Waals surface area contributed by atoms with E-state index in [0.717, 1.165) is 5.56 Å². The summed E-state index contributed by atoms with van der Waals surface area (Å²) in [7, 11) is 0. The molecule has 0 fully saturated rings. The molecule has 0 aromatic heterocycles. The first-order valence-corrected chi connectivity index (χ1v) is 6.85. The van der Waals surface area contributed by atoms with Gasteiger partial charge in [-0.2, -0.15) is 0 Å². The Balaban J connectivity index is 2.59. The molecular weight excluding hydrogens is 280 g/mol. The normalized spacial score (nSPS) is 12.4. The number of nitrogens with one attached hydrogen (secondary N) is 1. The third kappa shape index (κ3) is 3.00. The molecular formula is C16H16ClF2N. The van der Waals surface area contributed by atoms with Crippen LogP contribution in [0.3, 0.4) is 0 Å². The molecule has 0 aliphatic heterocycles. The predicted octanol–water partition coefficient (Wildman–Crippen LogP) is 4.63. The second-order valence-electron chi connectivity index (χ2n) is 4.65. The van der Waals surface area contributed by atoms with Crippen molar-refractivity contribution in [1.82, 2.24) is 5.32 Å². The van der Waals surface area contributed by atoms with Crippen molar-refractivity contribution in [3.63, 3.8) is 0 Å². The molecule has 106 valence electrons. The molecule has 0 heterocycles. The fraction of sp³-hybridized carbons (Fsp3) is 0.250. The number of hydrogen-bond acceptors (Lipinski definition) is 1. The molecule has 0 amide bonds. The highest BCUT2D eigenvalue weighted by molar-refractivity contribution is 6.31. The average molecular weight is 296 g/mol. The van der Waals surface area contributed by atoms with Gasteiger partial charge in [-0.3, -0.25) is 0 Å². The topological polar surface area (TPSA) is 12.0 Å². The van der Waals surface area contributed by atoms with Crippen molar-refractivity contribution >= 4 is 11.6 Å². The fourth-order valence-corrected chi connectivity index (χ4v) is 2.51. The van der Waals surface area contributed by atoms with Gasteiger partial charge in [0.15, 0.2) is 0 Å². The Bertz CT molecular complexity index is 593. The van der Waals surface area contributed by atoms with E-state index in [9.17, 15) is 8.78 Å². The van der Waals surface area contributed by atoms with Crippen LogP contribution in [-0.2, 0) is 0 Å². The Kier molecular flexibility index (Phi) is 4.73. The molecule has 4 heteroatoms. The maximum Gasteiger partial charge on any atom is 0.129 e. The summed E-state index contributed by atoms with van der Waals surface area (Å²) in [6.45, 7) is 4.33. The molecule has 1 atom stereocenters. The first kappa shape index (κ1) is 14.9. The van der Waals surface area contributed by atoms with E-state index in [1.54, 1.807) is 18.2 Å². The van der Waals surface area contributed by atoms with Crippen LogP contribution in [0.5, 0.6) is 0 Å². The maximum absolute atomic E-state index is 14.1. The lowest BCUT2D eigenvalue weighted by Gasteiger charge is -2.21. The molecule has 0 saturated heterocycles. The second-order valence-corrected chi connectivity index (χ2v) is 5.06. The highest BCUT2D eigenvalue weighted by Gasteiger charge is 2.22. The van der Waals surface area contributed by atoms with Crippen LogP contribution < -0.4 is 5.32 Å². The van der Waals surface area contributed by atoms with Crippen molar-refractivity contribution < 1.29 is 8.78 Å². The van der Waals surface area contributed by atoms with Gasteiger partial charge in [0.2, 0.25) is 0 Å². The molecule has 1 N–H and O–H groups in total. The fourth-order valence-electron chi connectivity index (χ4n) is 2.24. The minimum absolute atomic E-state index is 0.278. The largest absolute Gasteiger partial charge is 0.306 e. The van der Waals surface area contributed by atoms with Crippen LogP contribution in [0.1, 0.15) is 29.7 Å². The second kappa shape index (κ2) is 6.33. The summed E-state index contributed by atoms with van der Waals surface area (Å²) < 4.78 is 28.2. The van der Waals surface area contributed by atoms with Gasteiger partial charge in [-0.1, -0.05) is 42.3 Å². The lowest BCUT2D eigenvalue weighted by molar-refractivity contribution is 0.530. The molecule has 0 aliphatic carbocycles. The van der Waals surface area contributed by atoms with Gasteiger partial charge in [-0.25, -0.2) is 8.78 Å². The molecule has 20 heavy (non-hydrogen) atoms. The number of rotatable bonds is 4. The predicted molar refractivity (Wildman–Crippen MR) is 78.1 cm³/mol. The molecule has 0 spiro atoms. The third-order valence-electron chi connectivity index (χ3n) is 3.16. The van der Waals surface area contributed by atoms with Gasteiger partial charge in [-0.15, -0.1) is 0 Å². The van der Waals surface area contributed by atoms with Gasteiger partial charge in [0, 0.05) is 16.1 Å². The van der Waals surface area contributed by atoms with E-state index in [2.05, 4.69) is 5.32 Å². The number of hydrogen-bond donors (Lipinski definition) is 1. The zero-order valence-corrected chi connectivity index (χ0v) is 12.1. The Labute approximate surface area is 122 Å². The molecule has 1 unspecified atom stereocenters. The van der Waals surface area contributed by atoms with Gasteiger partial charge in [0.05, 0.1) is 6.04 Å². The van der Waals surface area contributed by atoms with Crippen molar-refractivity contribution in [2.75, 3.05) is 6.54 Å². The van der Waals surface area contributed by atoms with Crippen LogP contribution in [-0.4, -0.2) is 6.54 Å². The molecule has 2 aromatic rings. The number of halogens is 3. The Morgan fingerprint density at radius 3 is 2.55 bits per heavy atom. The van der Waals surface area contributed by atoms with Gasteiger partial charge in [0.25, 0.3) is 0 Å². The first-order chi connectivity index (χ1) is 9.54. The molecule has 2 aromatic carbocycles. The quantitative estimate of drug-likeness (QED) is 0.867. The zero-order chi connectivity index (χ0) is 14.7. The molecule has 0 radical (unpaired) electrons. The van der Waals surface area contributed by atoms with Crippen LogP contribution in [0.25, 0.3) is 0 Å². The molecule has 0 saturated carbocycles. The molecule has 1 nitrogen and oxygen atoms in total. The Hall–Kier alpha value is -1.45. The number of aryl methyl sites for hydroxylation is 1. The standard InChI is InChI=1S/C16H16ClF2N/c1-3-20-16(11-9-10(2)7-8-13(11)18)15-12(17)5-4-6-14(15)19/h4-9,16,20H,3H2,1-2H3. The summed E-state index contributed by atoms with van der Waals surface area (Å²) >= 11 is 6.10. The zero-order valence-electron chi connectivity index (χ0n) is 11.4. The Morgan fingerprint density at radius 1 is 1.15 bits per heavy atom. The number of benzene rings is 2. The summed E-state index contributed by atoms with van der Waals surface area (Å²) in [6, 6.07) is 8.67. The molecule has 2 rings (SSSR count). The van der Waals surface area contributed by atoms with E-state index in [1.807, 2.05) is 13.8 Å². The van der Waals surface area contributed by atoms with Crippen molar-refractivity contribution in [3.05, 3.63) is 69.7 Å². The van der Waals surface area contributed by atoms with E-state index in [0.29, 0.717) is 12.1 Å². The summed E-state index contributed by atoms with van der Waals surface area (Å²) in [6.07, 6.45) is 0. The van der Waals surface area contributed by atoms with Crippen LogP contribution in [0.4, 0.5) is 8.78 Å². The smallest absolute Gasteiger partial charge is 0.129 e. The maximum atomic E-state index is 14.1. The van der Waals surface area contributed by atoms with Crippen LogP contribution in [0, 0.1) is 18.6 Å². The summed E-state index contributed by atoms with van der Waals surface area (Å²) in [5, 5.41) is 3.39. The van der Waals surface area contributed by atoms with Gasteiger partial charge >= 0.3 is 0 Å². The Morgan fingerprint density at radius 2 is 1.90 bits per heavy atom. The van der Waals surface area contributed by atoms with Crippen LogP contribution >= 0.6 is 11.6 Å². The van der Waals surface area contributed by atoms with E-state index in [-0.39, 0.29) is 16.4 Å². The van der Waals surface area contributed by atoms with Crippen molar-refractivity contribution in [2.45, 2.75) is 19.9 Å². The first-order valence-electron chi connectivity index (χ1n) is 6.48.